The molecule has 8 heteroatoms. The lowest BCUT2D eigenvalue weighted by Crippen LogP contribution is -2.32. The Balaban J connectivity index is 1.61. The molecule has 0 radical (unpaired) electrons. The minimum absolute atomic E-state index is 0.111. The van der Waals surface area contributed by atoms with Crippen LogP contribution in [0.25, 0.3) is 5.65 Å². The SMILES string of the molecule is N#Cc1c[nH]n2c(=O)cc(CN(Cc3cccc(F)c3)CC3CCCO3)nc12. The minimum Gasteiger partial charge on any atom is -0.377 e. The molecule has 1 unspecified atom stereocenters. The monoisotopic (exact) mass is 381 g/mol. The number of rotatable bonds is 6. The first-order valence-electron chi connectivity index (χ1n) is 9.21. The zero-order chi connectivity index (χ0) is 19.5. The highest BCUT2D eigenvalue weighted by Crippen LogP contribution is 2.17. The number of benzene rings is 1. The van der Waals surface area contributed by atoms with Crippen molar-refractivity contribution in [2.75, 3.05) is 13.2 Å². The molecule has 28 heavy (non-hydrogen) atoms. The number of aromatic amines is 1. The molecule has 2 aromatic heterocycles. The number of hydrogen-bond acceptors (Lipinski definition) is 5. The number of nitriles is 1. The quantitative estimate of drug-likeness (QED) is 0.708. The maximum absolute atomic E-state index is 13.6. The summed E-state index contributed by atoms with van der Waals surface area (Å²) in [5, 5.41) is 11.9. The Morgan fingerprint density at radius 2 is 2.29 bits per heavy atom. The number of ether oxygens (including phenoxy) is 1. The van der Waals surface area contributed by atoms with Gasteiger partial charge in [-0.3, -0.25) is 14.8 Å². The molecule has 1 aliphatic rings. The second-order valence-corrected chi connectivity index (χ2v) is 6.98. The third-order valence-corrected chi connectivity index (χ3v) is 4.84. The van der Waals surface area contributed by atoms with Crippen molar-refractivity contribution in [1.29, 1.82) is 5.26 Å². The maximum Gasteiger partial charge on any atom is 0.272 e. The van der Waals surface area contributed by atoms with Crippen LogP contribution >= 0.6 is 0 Å². The highest BCUT2D eigenvalue weighted by atomic mass is 19.1. The molecule has 1 atom stereocenters. The van der Waals surface area contributed by atoms with Gasteiger partial charge in [0.05, 0.1) is 11.8 Å². The third-order valence-electron chi connectivity index (χ3n) is 4.84. The molecule has 1 saturated heterocycles. The Labute approximate surface area is 161 Å². The van der Waals surface area contributed by atoms with Gasteiger partial charge in [-0.25, -0.2) is 13.9 Å². The van der Waals surface area contributed by atoms with Gasteiger partial charge in [0.2, 0.25) is 0 Å². The number of H-pyrrole nitrogens is 1. The van der Waals surface area contributed by atoms with E-state index in [0.717, 1.165) is 25.0 Å². The Hall–Kier alpha value is -3.02. The summed E-state index contributed by atoms with van der Waals surface area (Å²) in [7, 11) is 0. The highest BCUT2D eigenvalue weighted by Gasteiger charge is 2.21. The van der Waals surface area contributed by atoms with Crippen LogP contribution in [0.4, 0.5) is 4.39 Å². The van der Waals surface area contributed by atoms with Crippen LogP contribution in [0.15, 0.2) is 41.3 Å². The first kappa shape index (κ1) is 18.3. The normalized spacial score (nSPS) is 16.7. The van der Waals surface area contributed by atoms with Gasteiger partial charge in [0.15, 0.2) is 5.65 Å². The molecule has 1 aromatic carbocycles. The number of fused-ring (bicyclic) bond motifs is 1. The standard InChI is InChI=1S/C20H20FN5O2/c21-16-4-1-3-14(7-16)11-25(13-18-5-2-6-28-18)12-17-8-19(27)26-20(24-17)15(9-22)10-23-26/h1,3-4,7-8,10,18,23H,2,5-6,11-13H2. The fourth-order valence-electron chi connectivity index (χ4n) is 3.58. The van der Waals surface area contributed by atoms with E-state index in [1.165, 1.54) is 28.9 Å². The molecular weight excluding hydrogens is 361 g/mol. The average molecular weight is 381 g/mol. The fourth-order valence-corrected chi connectivity index (χ4v) is 3.58. The lowest BCUT2D eigenvalue weighted by Gasteiger charge is -2.25. The smallest absolute Gasteiger partial charge is 0.272 e. The van der Waals surface area contributed by atoms with Crippen molar-refractivity contribution in [3.8, 4) is 6.07 Å². The first-order valence-corrected chi connectivity index (χ1v) is 9.21. The molecule has 0 bridgehead atoms. The maximum atomic E-state index is 13.6. The van der Waals surface area contributed by atoms with Crippen molar-refractivity contribution in [1.82, 2.24) is 19.5 Å². The van der Waals surface area contributed by atoms with Gasteiger partial charge >= 0.3 is 0 Å². The summed E-state index contributed by atoms with van der Waals surface area (Å²) >= 11 is 0. The van der Waals surface area contributed by atoms with Crippen LogP contribution in [0.3, 0.4) is 0 Å². The zero-order valence-electron chi connectivity index (χ0n) is 15.3. The van der Waals surface area contributed by atoms with Crippen LogP contribution in [-0.2, 0) is 17.8 Å². The summed E-state index contributed by atoms with van der Waals surface area (Å²) in [5.41, 5.74) is 1.76. The van der Waals surface area contributed by atoms with E-state index in [0.29, 0.717) is 36.5 Å². The Kier molecular flexibility index (Phi) is 5.19. The first-order chi connectivity index (χ1) is 13.6. The van der Waals surface area contributed by atoms with Crippen molar-refractivity contribution in [2.24, 2.45) is 0 Å². The summed E-state index contributed by atoms with van der Waals surface area (Å²) < 4.78 is 20.6. The predicted molar refractivity (Wildman–Crippen MR) is 100 cm³/mol. The van der Waals surface area contributed by atoms with Crippen LogP contribution in [0.1, 0.15) is 29.7 Å². The van der Waals surface area contributed by atoms with Crippen molar-refractivity contribution >= 4 is 5.65 Å². The van der Waals surface area contributed by atoms with Crippen LogP contribution in [0.5, 0.6) is 0 Å². The molecule has 4 rings (SSSR count). The lowest BCUT2D eigenvalue weighted by molar-refractivity contribution is 0.0674. The molecule has 1 N–H and O–H groups in total. The van der Waals surface area contributed by atoms with Gasteiger partial charge in [0, 0.05) is 38.5 Å². The Bertz CT molecular complexity index is 1080. The molecule has 7 nitrogen and oxygen atoms in total. The summed E-state index contributed by atoms with van der Waals surface area (Å²) in [6.45, 7) is 2.32. The molecule has 0 aliphatic carbocycles. The average Bonchev–Trinajstić information content (AvgIpc) is 3.31. The number of aromatic nitrogens is 3. The van der Waals surface area contributed by atoms with Gasteiger partial charge in [-0.1, -0.05) is 12.1 Å². The predicted octanol–water partition coefficient (Wildman–Crippen LogP) is 2.21. The van der Waals surface area contributed by atoms with E-state index >= 15 is 0 Å². The summed E-state index contributed by atoms with van der Waals surface area (Å²) in [5.74, 6) is -0.279. The van der Waals surface area contributed by atoms with Gasteiger partial charge in [-0.05, 0) is 30.5 Å². The minimum atomic E-state index is -0.279. The molecule has 0 amide bonds. The van der Waals surface area contributed by atoms with E-state index in [-0.39, 0.29) is 17.5 Å². The third kappa shape index (κ3) is 3.96. The summed E-state index contributed by atoms with van der Waals surface area (Å²) in [4.78, 5) is 18.9. The van der Waals surface area contributed by atoms with Gasteiger partial charge in [-0.2, -0.15) is 5.26 Å². The van der Waals surface area contributed by atoms with E-state index in [9.17, 15) is 14.4 Å². The number of nitrogens with one attached hydrogen (secondary N) is 1. The lowest BCUT2D eigenvalue weighted by atomic mass is 10.1. The second kappa shape index (κ2) is 7.92. The van der Waals surface area contributed by atoms with E-state index in [2.05, 4.69) is 15.0 Å². The van der Waals surface area contributed by atoms with Crippen LogP contribution in [0, 0.1) is 17.1 Å². The molecule has 144 valence electrons. The molecule has 1 fully saturated rings. The fraction of sp³-hybridized carbons (Fsp3) is 0.350. The van der Waals surface area contributed by atoms with E-state index in [1.54, 1.807) is 6.07 Å². The van der Waals surface area contributed by atoms with Crippen molar-refractivity contribution < 1.29 is 9.13 Å². The van der Waals surface area contributed by atoms with Crippen LogP contribution < -0.4 is 5.56 Å². The molecule has 3 aromatic rings. The summed E-state index contributed by atoms with van der Waals surface area (Å²) in [6.07, 6.45) is 3.58. The topological polar surface area (TPSA) is 86.4 Å². The summed E-state index contributed by atoms with van der Waals surface area (Å²) in [6, 6.07) is 9.97. The number of halogens is 1. The highest BCUT2D eigenvalue weighted by molar-refractivity contribution is 5.53. The van der Waals surface area contributed by atoms with Gasteiger partial charge in [0.1, 0.15) is 17.4 Å². The zero-order valence-corrected chi connectivity index (χ0v) is 15.3. The molecule has 0 saturated carbocycles. The van der Waals surface area contributed by atoms with Gasteiger partial charge in [0.25, 0.3) is 5.56 Å². The Morgan fingerprint density at radius 3 is 3.04 bits per heavy atom. The second-order valence-electron chi connectivity index (χ2n) is 6.98. The number of hydrogen-bond donors (Lipinski definition) is 1. The van der Waals surface area contributed by atoms with Crippen molar-refractivity contribution in [3.05, 3.63) is 69.5 Å². The van der Waals surface area contributed by atoms with Crippen LogP contribution in [-0.4, -0.2) is 38.8 Å². The van der Waals surface area contributed by atoms with Gasteiger partial charge < -0.3 is 4.74 Å². The number of nitrogens with zero attached hydrogens (tertiary/aromatic N) is 4. The molecule has 1 aliphatic heterocycles. The van der Waals surface area contributed by atoms with E-state index in [1.807, 2.05) is 12.1 Å². The van der Waals surface area contributed by atoms with E-state index in [4.69, 9.17) is 4.74 Å². The molecular formula is C20H20FN5O2. The van der Waals surface area contributed by atoms with E-state index < -0.39 is 0 Å². The largest absolute Gasteiger partial charge is 0.377 e. The molecule has 0 spiro atoms. The Morgan fingerprint density at radius 1 is 1.39 bits per heavy atom. The van der Waals surface area contributed by atoms with Crippen molar-refractivity contribution in [3.63, 3.8) is 0 Å². The van der Waals surface area contributed by atoms with Crippen molar-refractivity contribution in [2.45, 2.75) is 32.0 Å². The van der Waals surface area contributed by atoms with Gasteiger partial charge in [-0.15, -0.1) is 0 Å². The van der Waals surface area contributed by atoms with Crippen LogP contribution in [0.2, 0.25) is 0 Å². The molecule has 3 heterocycles.